The Morgan fingerprint density at radius 3 is 1.92 bits per heavy atom. The minimum atomic E-state index is -0.802. The maximum atomic E-state index is 13.4. The summed E-state index contributed by atoms with van der Waals surface area (Å²) in [6.45, 7) is 8.17. The molecule has 0 aromatic heterocycles. The van der Waals surface area contributed by atoms with Crippen LogP contribution in [0.5, 0.6) is 0 Å². The van der Waals surface area contributed by atoms with Crippen LogP contribution in [0.25, 0.3) is 0 Å². The highest BCUT2D eigenvalue weighted by Gasteiger charge is 2.36. The summed E-state index contributed by atoms with van der Waals surface area (Å²) in [5, 5.41) is 11.3. The lowest BCUT2D eigenvalue weighted by Gasteiger charge is -2.33. The van der Waals surface area contributed by atoms with Gasteiger partial charge in [-0.15, -0.1) is 0 Å². The summed E-state index contributed by atoms with van der Waals surface area (Å²) >= 11 is 0. The van der Waals surface area contributed by atoms with Gasteiger partial charge in [-0.25, -0.2) is 0 Å². The molecule has 3 atom stereocenters. The van der Waals surface area contributed by atoms with Gasteiger partial charge < -0.3 is 27.0 Å². The normalized spacial score (nSPS) is 22.1. The summed E-state index contributed by atoms with van der Waals surface area (Å²) < 4.78 is 0. The molecule has 37 heavy (non-hydrogen) atoms. The van der Waals surface area contributed by atoms with Gasteiger partial charge in [0.05, 0.1) is 6.54 Å². The minimum Gasteiger partial charge on any atom is -0.351 e. The Hall–Kier alpha value is -2.16. The lowest BCUT2D eigenvalue weighted by Crippen LogP contribution is -2.59. The highest BCUT2D eigenvalue weighted by Crippen LogP contribution is 2.21. The summed E-state index contributed by atoms with van der Waals surface area (Å²) in [5.74, 6) is -1.42. The smallest absolute Gasteiger partial charge is 0.243 e. The highest BCUT2D eigenvalue weighted by atomic mass is 16.2. The molecule has 2 unspecified atom stereocenters. The van der Waals surface area contributed by atoms with Crippen LogP contribution < -0.4 is 27.0 Å². The average molecular weight is 524 g/mol. The predicted molar refractivity (Wildman–Crippen MR) is 148 cm³/mol. The van der Waals surface area contributed by atoms with Crippen LogP contribution in [-0.4, -0.2) is 54.8 Å². The van der Waals surface area contributed by atoms with E-state index in [-0.39, 0.29) is 30.8 Å². The summed E-state index contributed by atoms with van der Waals surface area (Å²) in [4.78, 5) is 51.6. The molecule has 0 radical (unpaired) electrons. The van der Waals surface area contributed by atoms with Gasteiger partial charge in [-0.05, 0) is 37.6 Å². The fraction of sp³-hybridized carbons (Fsp3) is 0.857. The van der Waals surface area contributed by atoms with E-state index in [1.807, 2.05) is 20.8 Å². The van der Waals surface area contributed by atoms with Gasteiger partial charge in [0.25, 0.3) is 0 Å². The number of amides is 4. The maximum absolute atomic E-state index is 13.4. The van der Waals surface area contributed by atoms with E-state index in [0.29, 0.717) is 25.8 Å². The standard InChI is InChI=1S/C28H53N5O4/c1-5-6-7-8-9-10-11-12-13-16-21-19-23(34)30-20-24(35)32-22(17-14-15-18-29)26(36)33-25(27(37)31-21)28(2,3)4/h21-22,25H,5-20,29H2,1-4H3,(H,30,34)(H,31,37)(H,32,35)(H,33,36)/t21?,22-,25?/m0/s1. The van der Waals surface area contributed by atoms with Gasteiger partial charge in [-0.3, -0.25) is 19.2 Å². The quantitative estimate of drug-likeness (QED) is 0.222. The van der Waals surface area contributed by atoms with E-state index in [2.05, 4.69) is 28.2 Å². The number of carbonyl (C=O) groups is 4. The number of carbonyl (C=O) groups excluding carboxylic acids is 4. The molecular weight excluding hydrogens is 470 g/mol. The number of nitrogens with one attached hydrogen (secondary N) is 4. The first-order valence-electron chi connectivity index (χ1n) is 14.4. The zero-order valence-electron chi connectivity index (χ0n) is 23.8. The van der Waals surface area contributed by atoms with Crippen LogP contribution in [0.2, 0.25) is 0 Å². The maximum Gasteiger partial charge on any atom is 0.243 e. The summed E-state index contributed by atoms with van der Waals surface area (Å²) in [6, 6.07) is -1.96. The molecule has 0 saturated carbocycles. The van der Waals surface area contributed by atoms with Crippen molar-refractivity contribution >= 4 is 23.6 Å². The molecule has 0 aromatic rings. The third kappa shape index (κ3) is 14.4. The third-order valence-corrected chi connectivity index (χ3v) is 6.89. The van der Waals surface area contributed by atoms with Gasteiger partial charge in [0.2, 0.25) is 23.6 Å². The Labute approximate surface area is 224 Å². The predicted octanol–water partition coefficient (Wildman–Crippen LogP) is 3.06. The van der Waals surface area contributed by atoms with Crippen molar-refractivity contribution in [2.75, 3.05) is 13.1 Å². The Morgan fingerprint density at radius 2 is 1.32 bits per heavy atom. The molecule has 1 aliphatic rings. The van der Waals surface area contributed by atoms with Gasteiger partial charge in [0.15, 0.2) is 0 Å². The zero-order chi connectivity index (χ0) is 27.7. The molecule has 4 amide bonds. The first-order valence-corrected chi connectivity index (χ1v) is 14.4. The third-order valence-electron chi connectivity index (χ3n) is 6.89. The molecule has 0 aromatic carbocycles. The number of rotatable bonds is 14. The second kappa shape index (κ2) is 18.2. The first kappa shape index (κ1) is 32.9. The van der Waals surface area contributed by atoms with E-state index in [1.54, 1.807) is 0 Å². The largest absolute Gasteiger partial charge is 0.351 e. The van der Waals surface area contributed by atoms with Crippen LogP contribution in [0.3, 0.4) is 0 Å². The number of hydrogen-bond donors (Lipinski definition) is 5. The van der Waals surface area contributed by atoms with Crippen molar-refractivity contribution < 1.29 is 19.2 Å². The van der Waals surface area contributed by atoms with E-state index in [9.17, 15) is 19.2 Å². The molecule has 9 nitrogen and oxygen atoms in total. The Balaban J connectivity index is 2.85. The van der Waals surface area contributed by atoms with E-state index < -0.39 is 29.3 Å². The van der Waals surface area contributed by atoms with Gasteiger partial charge in [-0.1, -0.05) is 85.5 Å². The molecule has 1 aliphatic heterocycles. The van der Waals surface area contributed by atoms with Crippen LogP contribution in [0.4, 0.5) is 0 Å². The molecule has 1 fully saturated rings. The fourth-order valence-corrected chi connectivity index (χ4v) is 4.61. The molecule has 214 valence electrons. The lowest BCUT2D eigenvalue weighted by atomic mass is 9.85. The number of unbranched alkanes of at least 4 members (excludes halogenated alkanes) is 9. The van der Waals surface area contributed by atoms with Crippen molar-refractivity contribution in [2.45, 2.75) is 136 Å². The van der Waals surface area contributed by atoms with E-state index in [4.69, 9.17) is 5.73 Å². The minimum absolute atomic E-state index is 0.0980. The SMILES string of the molecule is CCCCCCCCCCCC1CC(=O)NCC(=O)N[C@@H](CCCCN)C(=O)NC(C(C)(C)C)C(=O)N1. The van der Waals surface area contributed by atoms with Crippen molar-refractivity contribution in [3.8, 4) is 0 Å². The molecule has 9 heteroatoms. The van der Waals surface area contributed by atoms with Gasteiger partial charge >= 0.3 is 0 Å². The Kier molecular flexibility index (Phi) is 16.1. The second-order valence-corrected chi connectivity index (χ2v) is 11.5. The topological polar surface area (TPSA) is 142 Å². The van der Waals surface area contributed by atoms with Crippen LogP contribution in [-0.2, 0) is 19.2 Å². The molecule has 0 bridgehead atoms. The van der Waals surface area contributed by atoms with Crippen LogP contribution in [0.15, 0.2) is 0 Å². The van der Waals surface area contributed by atoms with Crippen molar-refractivity contribution in [2.24, 2.45) is 11.1 Å². The van der Waals surface area contributed by atoms with Gasteiger partial charge in [0.1, 0.15) is 12.1 Å². The monoisotopic (exact) mass is 523 g/mol. The van der Waals surface area contributed by atoms with Gasteiger partial charge in [-0.2, -0.15) is 0 Å². The molecule has 1 saturated heterocycles. The second-order valence-electron chi connectivity index (χ2n) is 11.5. The molecule has 0 aliphatic carbocycles. The van der Waals surface area contributed by atoms with Crippen molar-refractivity contribution in [1.29, 1.82) is 0 Å². The fourth-order valence-electron chi connectivity index (χ4n) is 4.61. The average Bonchev–Trinajstić information content (AvgIpc) is 2.83. The van der Waals surface area contributed by atoms with E-state index >= 15 is 0 Å². The lowest BCUT2D eigenvalue weighted by molar-refractivity contribution is -0.134. The van der Waals surface area contributed by atoms with E-state index in [1.165, 1.54) is 38.5 Å². The molecule has 1 heterocycles. The highest BCUT2D eigenvalue weighted by molar-refractivity contribution is 5.94. The molecule has 0 spiro atoms. The van der Waals surface area contributed by atoms with Crippen molar-refractivity contribution in [3.05, 3.63) is 0 Å². The Morgan fingerprint density at radius 1 is 0.730 bits per heavy atom. The zero-order valence-corrected chi connectivity index (χ0v) is 23.8. The summed E-state index contributed by atoms with van der Waals surface area (Å²) in [7, 11) is 0. The Bertz CT molecular complexity index is 707. The van der Waals surface area contributed by atoms with Gasteiger partial charge in [0, 0.05) is 12.5 Å². The number of hydrogen-bond acceptors (Lipinski definition) is 5. The van der Waals surface area contributed by atoms with Crippen LogP contribution in [0, 0.1) is 5.41 Å². The van der Waals surface area contributed by atoms with Crippen molar-refractivity contribution in [1.82, 2.24) is 21.3 Å². The molecule has 1 rings (SSSR count). The van der Waals surface area contributed by atoms with Crippen molar-refractivity contribution in [3.63, 3.8) is 0 Å². The van der Waals surface area contributed by atoms with Crippen LogP contribution in [0.1, 0.15) is 118 Å². The van der Waals surface area contributed by atoms with E-state index in [0.717, 1.165) is 25.7 Å². The number of nitrogens with two attached hydrogens (primary N) is 1. The summed E-state index contributed by atoms with van der Waals surface area (Å²) in [6.07, 6.45) is 13.3. The molecular formula is C28H53N5O4. The molecule has 6 N–H and O–H groups in total. The summed E-state index contributed by atoms with van der Waals surface area (Å²) in [5.41, 5.74) is 5.02. The van der Waals surface area contributed by atoms with Crippen LogP contribution >= 0.6 is 0 Å². The first-order chi connectivity index (χ1) is 17.6.